The number of nitriles is 1. The zero-order chi connectivity index (χ0) is 10.6. The third-order valence-corrected chi connectivity index (χ3v) is 2.40. The van der Waals surface area contributed by atoms with Crippen LogP contribution in [0.3, 0.4) is 0 Å². The van der Waals surface area contributed by atoms with Crippen LogP contribution >= 0.6 is 0 Å². The van der Waals surface area contributed by atoms with E-state index < -0.39 is 5.41 Å². The zero-order valence-corrected chi connectivity index (χ0v) is 8.75. The van der Waals surface area contributed by atoms with Gasteiger partial charge in [0.05, 0.1) is 11.5 Å². The third kappa shape index (κ3) is 2.47. The molecule has 0 aliphatic heterocycles. The van der Waals surface area contributed by atoms with Crippen molar-refractivity contribution >= 4 is 0 Å². The number of hydrogen-bond acceptors (Lipinski definition) is 1. The van der Waals surface area contributed by atoms with Crippen molar-refractivity contribution in [3.05, 3.63) is 48.0 Å². The van der Waals surface area contributed by atoms with Gasteiger partial charge in [-0.1, -0.05) is 35.9 Å². The highest BCUT2D eigenvalue weighted by Crippen LogP contribution is 2.22. The number of aryl methyl sites for hydroxylation is 1. The van der Waals surface area contributed by atoms with Gasteiger partial charge in [0.15, 0.2) is 0 Å². The Kier molecular flexibility index (Phi) is 3.09. The van der Waals surface area contributed by atoms with Crippen LogP contribution in [0.15, 0.2) is 36.9 Å². The van der Waals surface area contributed by atoms with Gasteiger partial charge in [-0.3, -0.25) is 0 Å². The highest BCUT2D eigenvalue weighted by molar-refractivity contribution is 5.25. The van der Waals surface area contributed by atoms with Crippen LogP contribution in [0, 0.1) is 23.7 Å². The average molecular weight is 185 g/mol. The monoisotopic (exact) mass is 185 g/mol. The maximum absolute atomic E-state index is 8.98. The van der Waals surface area contributed by atoms with Gasteiger partial charge in [0.25, 0.3) is 0 Å². The first-order valence-corrected chi connectivity index (χ1v) is 4.70. The quantitative estimate of drug-likeness (QED) is 0.663. The molecular weight excluding hydrogens is 170 g/mol. The molecule has 0 fully saturated rings. The summed E-state index contributed by atoms with van der Waals surface area (Å²) in [4.78, 5) is 0. The van der Waals surface area contributed by atoms with Crippen molar-refractivity contribution < 1.29 is 0 Å². The van der Waals surface area contributed by atoms with E-state index in [2.05, 4.69) is 43.8 Å². The molecule has 1 rings (SSSR count). The van der Waals surface area contributed by atoms with Gasteiger partial charge in [0, 0.05) is 0 Å². The Hall–Kier alpha value is -1.55. The molecule has 1 aromatic rings. The maximum Gasteiger partial charge on any atom is 0.0763 e. The highest BCUT2D eigenvalue weighted by atomic mass is 14.3. The fourth-order valence-corrected chi connectivity index (χ4v) is 1.29. The van der Waals surface area contributed by atoms with Crippen LogP contribution in [0.25, 0.3) is 0 Å². The minimum absolute atomic E-state index is 0.449. The van der Waals surface area contributed by atoms with Crippen LogP contribution in [0.4, 0.5) is 0 Å². The number of rotatable bonds is 3. The molecule has 0 radical (unpaired) electrons. The second kappa shape index (κ2) is 4.11. The van der Waals surface area contributed by atoms with Gasteiger partial charge in [-0.05, 0) is 25.8 Å². The van der Waals surface area contributed by atoms with Crippen LogP contribution in [-0.4, -0.2) is 0 Å². The summed E-state index contributed by atoms with van der Waals surface area (Å²) in [5.41, 5.74) is 1.97. The van der Waals surface area contributed by atoms with Crippen molar-refractivity contribution in [3.8, 4) is 6.07 Å². The lowest BCUT2D eigenvalue weighted by atomic mass is 9.85. The van der Waals surface area contributed by atoms with Crippen molar-refractivity contribution in [1.82, 2.24) is 0 Å². The van der Waals surface area contributed by atoms with Crippen LogP contribution in [0.2, 0.25) is 0 Å². The van der Waals surface area contributed by atoms with E-state index in [9.17, 15) is 0 Å². The topological polar surface area (TPSA) is 23.8 Å². The van der Waals surface area contributed by atoms with Crippen molar-refractivity contribution in [3.63, 3.8) is 0 Å². The normalized spacial score (nSPS) is 14.1. The molecule has 1 heteroatoms. The van der Waals surface area contributed by atoms with Crippen molar-refractivity contribution in [1.29, 1.82) is 5.26 Å². The summed E-state index contributed by atoms with van der Waals surface area (Å²) >= 11 is 0. The number of allylic oxidation sites excluding steroid dienone is 1. The molecule has 0 saturated heterocycles. The lowest BCUT2D eigenvalue weighted by Gasteiger charge is -2.16. The van der Waals surface area contributed by atoms with E-state index in [0.29, 0.717) is 0 Å². The largest absolute Gasteiger partial charge is 0.197 e. The molecule has 0 spiro atoms. The summed E-state index contributed by atoms with van der Waals surface area (Å²) in [6.07, 6.45) is 2.44. The van der Waals surface area contributed by atoms with Crippen molar-refractivity contribution in [2.45, 2.75) is 20.3 Å². The van der Waals surface area contributed by atoms with E-state index in [-0.39, 0.29) is 0 Å². The van der Waals surface area contributed by atoms with E-state index in [1.807, 2.05) is 6.92 Å². The maximum atomic E-state index is 8.98. The first kappa shape index (κ1) is 10.5. The highest BCUT2D eigenvalue weighted by Gasteiger charge is 2.19. The molecule has 0 aromatic heterocycles. The van der Waals surface area contributed by atoms with Gasteiger partial charge in [0.1, 0.15) is 0 Å². The fourth-order valence-electron chi connectivity index (χ4n) is 1.29. The predicted molar refractivity (Wildman–Crippen MR) is 58.8 cm³/mol. The van der Waals surface area contributed by atoms with Crippen LogP contribution < -0.4 is 0 Å². The molecule has 0 N–H and O–H groups in total. The van der Waals surface area contributed by atoms with Gasteiger partial charge < -0.3 is 0 Å². The number of hydrogen-bond donors (Lipinski definition) is 0. The molecule has 0 saturated carbocycles. The molecule has 0 aliphatic carbocycles. The van der Waals surface area contributed by atoms with Gasteiger partial charge in [-0.2, -0.15) is 5.26 Å². The van der Waals surface area contributed by atoms with Crippen LogP contribution in [0.1, 0.15) is 18.1 Å². The Balaban J connectivity index is 2.84. The third-order valence-electron chi connectivity index (χ3n) is 2.40. The molecule has 1 nitrogen and oxygen atoms in total. The Bertz CT molecular complexity index is 356. The van der Waals surface area contributed by atoms with Gasteiger partial charge in [-0.25, -0.2) is 0 Å². The molecule has 1 unspecified atom stereocenters. The predicted octanol–water partition coefficient (Wildman–Crippen LogP) is 3.25. The molecule has 1 aromatic carbocycles. The molecule has 1 atom stereocenters. The molecular formula is C13H15N. The second-order valence-corrected chi connectivity index (χ2v) is 3.90. The number of nitrogens with zero attached hydrogens (tertiary/aromatic N) is 1. The second-order valence-electron chi connectivity index (χ2n) is 3.90. The minimum atomic E-state index is -0.449. The van der Waals surface area contributed by atoms with Crippen molar-refractivity contribution in [2.24, 2.45) is 5.41 Å². The summed E-state index contributed by atoms with van der Waals surface area (Å²) in [5, 5.41) is 8.98. The van der Waals surface area contributed by atoms with Crippen molar-refractivity contribution in [2.75, 3.05) is 0 Å². The Morgan fingerprint density at radius 2 is 2.00 bits per heavy atom. The van der Waals surface area contributed by atoms with E-state index in [0.717, 1.165) is 6.42 Å². The standard InChI is InChI=1S/C13H15N/c1-4-13(3,10-14)9-12-7-5-11(2)6-8-12/h4-8H,1,9H2,2-3H3. The van der Waals surface area contributed by atoms with Crippen LogP contribution in [-0.2, 0) is 6.42 Å². The first-order chi connectivity index (χ1) is 6.59. The minimum Gasteiger partial charge on any atom is -0.197 e. The Morgan fingerprint density at radius 1 is 1.43 bits per heavy atom. The Labute approximate surface area is 85.7 Å². The SMILES string of the molecule is C=CC(C)(C#N)Cc1ccc(C)cc1. The molecule has 72 valence electrons. The van der Waals surface area contributed by atoms with E-state index in [1.54, 1.807) is 6.08 Å². The van der Waals surface area contributed by atoms with Crippen LogP contribution in [0.5, 0.6) is 0 Å². The lowest BCUT2D eigenvalue weighted by Crippen LogP contribution is -2.13. The van der Waals surface area contributed by atoms with E-state index >= 15 is 0 Å². The first-order valence-electron chi connectivity index (χ1n) is 4.70. The molecule has 0 aliphatic rings. The lowest BCUT2D eigenvalue weighted by molar-refractivity contribution is 0.566. The summed E-state index contributed by atoms with van der Waals surface area (Å²) in [6, 6.07) is 10.5. The Morgan fingerprint density at radius 3 is 2.43 bits per heavy atom. The molecule has 0 amide bonds. The van der Waals surface area contributed by atoms with E-state index in [4.69, 9.17) is 5.26 Å². The summed E-state index contributed by atoms with van der Waals surface area (Å²) in [7, 11) is 0. The smallest absolute Gasteiger partial charge is 0.0763 e. The average Bonchev–Trinajstić information content (AvgIpc) is 2.21. The summed E-state index contributed by atoms with van der Waals surface area (Å²) < 4.78 is 0. The van der Waals surface area contributed by atoms with E-state index in [1.165, 1.54) is 11.1 Å². The summed E-state index contributed by atoms with van der Waals surface area (Å²) in [5.74, 6) is 0. The van der Waals surface area contributed by atoms with Gasteiger partial charge in [-0.15, -0.1) is 6.58 Å². The zero-order valence-electron chi connectivity index (χ0n) is 8.75. The molecule has 0 bridgehead atoms. The number of benzene rings is 1. The molecule has 14 heavy (non-hydrogen) atoms. The van der Waals surface area contributed by atoms with Gasteiger partial charge in [0.2, 0.25) is 0 Å². The summed E-state index contributed by atoms with van der Waals surface area (Å²) in [6.45, 7) is 7.65. The molecule has 0 heterocycles. The van der Waals surface area contributed by atoms with Gasteiger partial charge >= 0.3 is 0 Å². The fraction of sp³-hybridized carbons (Fsp3) is 0.308.